The average molecular weight is 330 g/mol. The summed E-state index contributed by atoms with van der Waals surface area (Å²) in [5.41, 5.74) is -0.0209. The maximum atomic E-state index is 11.5. The number of amides is 1. The lowest BCUT2D eigenvalue weighted by molar-refractivity contribution is 0.0379. The molecule has 1 aromatic carbocycles. The van der Waals surface area contributed by atoms with Gasteiger partial charge in [-0.3, -0.25) is 0 Å². The lowest BCUT2D eigenvalue weighted by Crippen LogP contribution is -2.46. The molecular formula is C16H24ClNO4. The van der Waals surface area contributed by atoms with Crippen molar-refractivity contribution in [1.82, 2.24) is 5.32 Å². The Hall–Kier alpha value is -1.62. The van der Waals surface area contributed by atoms with Crippen molar-refractivity contribution >= 4 is 18.5 Å². The molecule has 0 spiro atoms. The van der Waals surface area contributed by atoms with E-state index in [4.69, 9.17) is 9.47 Å². The summed E-state index contributed by atoms with van der Waals surface area (Å²) < 4.78 is 10.9. The molecule has 124 valence electrons. The maximum Gasteiger partial charge on any atom is 0.407 e. The SMILES string of the molecule is CC(C)(C)Oc1ccc(O)c([C@H]2NC(=O)OCC2(C)C)c1.Cl. The molecule has 1 aliphatic heterocycles. The third-order valence-corrected chi connectivity index (χ3v) is 3.35. The van der Waals surface area contributed by atoms with E-state index in [1.54, 1.807) is 18.2 Å². The molecule has 1 aliphatic rings. The lowest BCUT2D eigenvalue weighted by Gasteiger charge is -2.38. The molecule has 22 heavy (non-hydrogen) atoms. The van der Waals surface area contributed by atoms with Gasteiger partial charge in [0.05, 0.1) is 6.04 Å². The number of benzene rings is 1. The molecule has 1 atom stereocenters. The Morgan fingerprint density at radius 2 is 2.00 bits per heavy atom. The summed E-state index contributed by atoms with van der Waals surface area (Å²) in [7, 11) is 0. The number of rotatable bonds is 2. The first kappa shape index (κ1) is 18.4. The van der Waals surface area contributed by atoms with Crippen LogP contribution in [0.25, 0.3) is 0 Å². The minimum atomic E-state index is -0.471. The molecule has 0 aromatic heterocycles. The van der Waals surface area contributed by atoms with Gasteiger partial charge in [0.15, 0.2) is 0 Å². The van der Waals surface area contributed by atoms with Crippen LogP contribution in [0.2, 0.25) is 0 Å². The van der Waals surface area contributed by atoms with Crippen molar-refractivity contribution in [2.45, 2.75) is 46.3 Å². The second kappa shape index (κ2) is 6.24. The van der Waals surface area contributed by atoms with Gasteiger partial charge >= 0.3 is 6.09 Å². The Balaban J connectivity index is 0.00000242. The summed E-state index contributed by atoms with van der Waals surface area (Å²) in [6.45, 7) is 10.1. The van der Waals surface area contributed by atoms with E-state index in [1.165, 1.54) is 0 Å². The molecule has 0 bridgehead atoms. The Bertz CT molecular complexity index is 552. The molecule has 2 rings (SSSR count). The highest BCUT2D eigenvalue weighted by Gasteiger charge is 2.39. The number of halogens is 1. The molecule has 1 heterocycles. The van der Waals surface area contributed by atoms with Gasteiger partial charge in [-0.25, -0.2) is 4.79 Å². The highest BCUT2D eigenvalue weighted by atomic mass is 35.5. The second-order valence-electron chi connectivity index (χ2n) is 7.08. The van der Waals surface area contributed by atoms with Gasteiger partial charge in [0.25, 0.3) is 0 Å². The molecule has 2 N–H and O–H groups in total. The molecule has 0 unspecified atom stereocenters. The molecule has 6 heteroatoms. The van der Waals surface area contributed by atoms with Crippen molar-refractivity contribution in [3.63, 3.8) is 0 Å². The number of carbonyl (C=O) groups is 1. The van der Waals surface area contributed by atoms with E-state index in [2.05, 4.69) is 5.32 Å². The number of cyclic esters (lactones) is 1. The molecular weight excluding hydrogens is 306 g/mol. The van der Waals surface area contributed by atoms with Crippen molar-refractivity contribution in [3.05, 3.63) is 23.8 Å². The van der Waals surface area contributed by atoms with Crippen molar-refractivity contribution in [2.24, 2.45) is 5.41 Å². The highest BCUT2D eigenvalue weighted by Crippen LogP contribution is 2.41. The number of alkyl carbamates (subject to hydrolysis) is 1. The van der Waals surface area contributed by atoms with Crippen LogP contribution in [0.1, 0.15) is 46.2 Å². The number of phenols is 1. The molecule has 1 fully saturated rings. The van der Waals surface area contributed by atoms with Gasteiger partial charge in [0.2, 0.25) is 0 Å². The van der Waals surface area contributed by atoms with Gasteiger partial charge in [-0.15, -0.1) is 12.4 Å². The standard InChI is InChI=1S/C16H23NO4.ClH/c1-15(2,3)21-10-6-7-12(18)11(8-10)13-16(4,5)9-20-14(19)17-13;/h6-8,13,18H,9H2,1-5H3,(H,17,19);1H/t13-;/m1./s1. The Labute approximate surface area is 137 Å². The van der Waals surface area contributed by atoms with Crippen LogP contribution >= 0.6 is 12.4 Å². The third kappa shape index (κ3) is 4.19. The monoisotopic (exact) mass is 329 g/mol. The van der Waals surface area contributed by atoms with Crippen LogP contribution < -0.4 is 10.1 Å². The molecule has 1 amide bonds. The maximum absolute atomic E-state index is 11.5. The van der Waals surface area contributed by atoms with Gasteiger partial charge in [-0.05, 0) is 39.0 Å². The van der Waals surface area contributed by atoms with Crippen molar-refractivity contribution in [1.29, 1.82) is 0 Å². The third-order valence-electron chi connectivity index (χ3n) is 3.35. The number of aromatic hydroxyl groups is 1. The number of carbonyl (C=O) groups excluding carboxylic acids is 1. The quantitative estimate of drug-likeness (QED) is 0.866. The van der Waals surface area contributed by atoms with Gasteiger partial charge in [-0.1, -0.05) is 13.8 Å². The van der Waals surface area contributed by atoms with Crippen LogP contribution in [0.3, 0.4) is 0 Å². The Morgan fingerprint density at radius 3 is 2.59 bits per heavy atom. The van der Waals surface area contributed by atoms with Crippen LogP contribution in [0.4, 0.5) is 4.79 Å². The van der Waals surface area contributed by atoms with Crippen LogP contribution in [0.5, 0.6) is 11.5 Å². The van der Waals surface area contributed by atoms with Crippen molar-refractivity contribution in [3.8, 4) is 11.5 Å². The molecule has 5 nitrogen and oxygen atoms in total. The summed E-state index contributed by atoms with van der Waals surface area (Å²) >= 11 is 0. The number of phenolic OH excluding ortho intramolecular Hbond substituents is 1. The summed E-state index contributed by atoms with van der Waals surface area (Å²) in [6, 6.07) is 4.76. The molecule has 1 saturated heterocycles. The van der Waals surface area contributed by atoms with Gasteiger partial charge < -0.3 is 19.9 Å². The zero-order valence-corrected chi connectivity index (χ0v) is 14.4. The van der Waals surface area contributed by atoms with Crippen LogP contribution in [-0.4, -0.2) is 23.4 Å². The van der Waals surface area contributed by atoms with Gasteiger partial charge in [0, 0.05) is 11.0 Å². The number of nitrogens with one attached hydrogen (secondary N) is 1. The Morgan fingerprint density at radius 1 is 1.36 bits per heavy atom. The first-order valence-corrected chi connectivity index (χ1v) is 7.04. The summed E-state index contributed by atoms with van der Waals surface area (Å²) in [4.78, 5) is 11.5. The number of hydrogen-bond acceptors (Lipinski definition) is 4. The zero-order chi connectivity index (χ0) is 15.8. The van der Waals surface area contributed by atoms with E-state index in [9.17, 15) is 9.90 Å². The predicted octanol–water partition coefficient (Wildman–Crippen LogP) is 3.80. The van der Waals surface area contributed by atoms with E-state index >= 15 is 0 Å². The molecule has 0 saturated carbocycles. The molecule has 0 aliphatic carbocycles. The van der Waals surface area contributed by atoms with E-state index < -0.39 is 6.09 Å². The minimum absolute atomic E-state index is 0. The van der Waals surface area contributed by atoms with Gasteiger partial charge in [-0.2, -0.15) is 0 Å². The van der Waals surface area contributed by atoms with Crippen molar-refractivity contribution < 1.29 is 19.4 Å². The van der Waals surface area contributed by atoms with E-state index in [0.29, 0.717) is 17.9 Å². The fraction of sp³-hybridized carbons (Fsp3) is 0.562. The van der Waals surface area contributed by atoms with Crippen LogP contribution in [-0.2, 0) is 4.74 Å². The number of hydrogen-bond donors (Lipinski definition) is 2. The van der Waals surface area contributed by atoms with Gasteiger partial charge in [0.1, 0.15) is 23.7 Å². The zero-order valence-electron chi connectivity index (χ0n) is 13.6. The summed E-state index contributed by atoms with van der Waals surface area (Å²) in [5.74, 6) is 0.795. The Kier molecular flexibility index (Phi) is 5.23. The first-order chi connectivity index (χ1) is 9.58. The molecule has 0 radical (unpaired) electrons. The van der Waals surface area contributed by atoms with Crippen LogP contribution in [0.15, 0.2) is 18.2 Å². The lowest BCUT2D eigenvalue weighted by atomic mass is 9.80. The fourth-order valence-electron chi connectivity index (χ4n) is 2.37. The fourth-order valence-corrected chi connectivity index (χ4v) is 2.37. The topological polar surface area (TPSA) is 67.8 Å². The van der Waals surface area contributed by atoms with Crippen molar-refractivity contribution in [2.75, 3.05) is 6.61 Å². The summed E-state index contributed by atoms with van der Waals surface area (Å²) in [6.07, 6.45) is -0.471. The number of ether oxygens (including phenoxy) is 2. The normalized spacial score (nSPS) is 20.4. The highest BCUT2D eigenvalue weighted by molar-refractivity contribution is 5.85. The van der Waals surface area contributed by atoms with E-state index in [1.807, 2.05) is 34.6 Å². The minimum Gasteiger partial charge on any atom is -0.508 e. The summed E-state index contributed by atoms with van der Waals surface area (Å²) in [5, 5.41) is 12.9. The first-order valence-electron chi connectivity index (χ1n) is 7.04. The van der Waals surface area contributed by atoms with E-state index in [0.717, 1.165) is 0 Å². The predicted molar refractivity (Wildman–Crippen MR) is 86.7 cm³/mol. The van der Waals surface area contributed by atoms with E-state index in [-0.39, 0.29) is 35.2 Å². The van der Waals surface area contributed by atoms with Crippen LogP contribution in [0, 0.1) is 5.41 Å². The second-order valence-corrected chi connectivity index (χ2v) is 7.08. The average Bonchev–Trinajstić information content (AvgIpc) is 2.33. The molecule has 1 aromatic rings. The largest absolute Gasteiger partial charge is 0.508 e. The smallest absolute Gasteiger partial charge is 0.407 e.